The molecular formula is C17H15ClN4OS. The maximum absolute atomic E-state index is 10.9. The lowest BCUT2D eigenvalue weighted by Crippen LogP contribution is -2.46. The SMILES string of the molecule is O=CN1CCN(c2nc(Cl)nc3sc(-c4ccccc4)cc23)CC1. The van der Waals surface area contributed by atoms with Crippen LogP contribution in [0.25, 0.3) is 20.7 Å². The number of carbonyl (C=O) groups excluding carboxylic acids is 1. The van der Waals surface area contributed by atoms with Gasteiger partial charge in [-0.25, -0.2) is 4.98 Å². The Morgan fingerprint density at radius 1 is 1.08 bits per heavy atom. The first-order valence-corrected chi connectivity index (χ1v) is 8.91. The Morgan fingerprint density at radius 3 is 2.54 bits per heavy atom. The first-order valence-electron chi connectivity index (χ1n) is 7.71. The minimum atomic E-state index is 0.261. The molecule has 0 atom stereocenters. The number of thiophene rings is 1. The van der Waals surface area contributed by atoms with Crippen LogP contribution in [0.4, 0.5) is 5.82 Å². The zero-order valence-electron chi connectivity index (χ0n) is 12.9. The molecule has 3 aromatic rings. The van der Waals surface area contributed by atoms with Crippen LogP contribution < -0.4 is 4.90 Å². The lowest BCUT2D eigenvalue weighted by Gasteiger charge is -2.33. The highest BCUT2D eigenvalue weighted by Gasteiger charge is 2.21. The first-order chi connectivity index (χ1) is 11.7. The average molecular weight is 359 g/mol. The summed E-state index contributed by atoms with van der Waals surface area (Å²) in [7, 11) is 0. The molecule has 1 amide bonds. The smallest absolute Gasteiger partial charge is 0.225 e. The van der Waals surface area contributed by atoms with Crippen molar-refractivity contribution >= 4 is 45.4 Å². The summed E-state index contributed by atoms with van der Waals surface area (Å²) in [6.45, 7) is 2.89. The molecule has 5 nitrogen and oxygen atoms in total. The summed E-state index contributed by atoms with van der Waals surface area (Å²) in [6, 6.07) is 12.4. The van der Waals surface area contributed by atoms with Gasteiger partial charge in [-0.15, -0.1) is 11.3 Å². The van der Waals surface area contributed by atoms with Gasteiger partial charge in [0.25, 0.3) is 0 Å². The summed E-state index contributed by atoms with van der Waals surface area (Å²) in [5.74, 6) is 0.856. The molecule has 24 heavy (non-hydrogen) atoms. The number of piperazine rings is 1. The Bertz CT molecular complexity index is 875. The fraction of sp³-hybridized carbons (Fsp3) is 0.235. The van der Waals surface area contributed by atoms with E-state index in [0.717, 1.165) is 46.0 Å². The Labute approximate surface area is 148 Å². The number of aromatic nitrogens is 2. The van der Waals surface area contributed by atoms with Gasteiger partial charge in [-0.2, -0.15) is 4.98 Å². The van der Waals surface area contributed by atoms with Crippen molar-refractivity contribution < 1.29 is 4.79 Å². The molecule has 0 spiro atoms. The summed E-state index contributed by atoms with van der Waals surface area (Å²) in [4.78, 5) is 25.7. The van der Waals surface area contributed by atoms with E-state index in [1.807, 2.05) is 18.2 Å². The van der Waals surface area contributed by atoms with Gasteiger partial charge in [-0.3, -0.25) is 4.79 Å². The fourth-order valence-electron chi connectivity index (χ4n) is 2.91. The number of anilines is 1. The summed E-state index contributed by atoms with van der Waals surface area (Å²) >= 11 is 7.76. The van der Waals surface area contributed by atoms with Crippen molar-refractivity contribution in [2.24, 2.45) is 0 Å². The molecule has 1 aliphatic heterocycles. The lowest BCUT2D eigenvalue weighted by molar-refractivity contribution is -0.118. The lowest BCUT2D eigenvalue weighted by atomic mass is 10.2. The van der Waals surface area contributed by atoms with Gasteiger partial charge in [0, 0.05) is 31.1 Å². The topological polar surface area (TPSA) is 49.3 Å². The van der Waals surface area contributed by atoms with Crippen molar-refractivity contribution in [3.05, 3.63) is 41.7 Å². The molecule has 0 unspecified atom stereocenters. The van der Waals surface area contributed by atoms with Gasteiger partial charge < -0.3 is 9.80 Å². The van der Waals surface area contributed by atoms with Crippen LogP contribution in [-0.4, -0.2) is 47.5 Å². The van der Waals surface area contributed by atoms with Crippen molar-refractivity contribution in [1.82, 2.24) is 14.9 Å². The third-order valence-electron chi connectivity index (χ3n) is 4.17. The highest BCUT2D eigenvalue weighted by molar-refractivity contribution is 7.22. The number of halogens is 1. The average Bonchev–Trinajstić information content (AvgIpc) is 3.06. The van der Waals surface area contributed by atoms with E-state index < -0.39 is 0 Å². The van der Waals surface area contributed by atoms with Crippen LogP contribution in [0.3, 0.4) is 0 Å². The Balaban J connectivity index is 1.75. The molecule has 3 heterocycles. The number of rotatable bonds is 3. The fourth-order valence-corrected chi connectivity index (χ4v) is 4.15. The minimum absolute atomic E-state index is 0.261. The second-order valence-electron chi connectivity index (χ2n) is 5.64. The van der Waals surface area contributed by atoms with Gasteiger partial charge in [-0.05, 0) is 23.2 Å². The molecule has 1 fully saturated rings. The molecule has 1 aliphatic rings. The standard InChI is InChI=1S/C17H15ClN4OS/c18-17-19-15(22-8-6-21(11-23)7-9-22)13-10-14(24-16(13)20-17)12-4-2-1-3-5-12/h1-5,10-11H,6-9H2. The summed E-state index contributed by atoms with van der Waals surface area (Å²) < 4.78 is 0. The Morgan fingerprint density at radius 2 is 1.83 bits per heavy atom. The van der Waals surface area contributed by atoms with Gasteiger partial charge >= 0.3 is 0 Å². The van der Waals surface area contributed by atoms with E-state index in [2.05, 4.69) is 33.1 Å². The van der Waals surface area contributed by atoms with E-state index in [0.29, 0.717) is 13.1 Å². The van der Waals surface area contributed by atoms with Crippen molar-refractivity contribution in [2.45, 2.75) is 0 Å². The molecule has 4 rings (SSSR count). The summed E-state index contributed by atoms with van der Waals surface area (Å²) in [5, 5.41) is 1.28. The predicted octanol–water partition coefficient (Wildman–Crippen LogP) is 3.29. The third kappa shape index (κ3) is 2.83. The van der Waals surface area contributed by atoms with Crippen LogP contribution in [0.2, 0.25) is 5.28 Å². The van der Waals surface area contributed by atoms with Crippen LogP contribution >= 0.6 is 22.9 Å². The van der Waals surface area contributed by atoms with Crippen molar-refractivity contribution in [3.63, 3.8) is 0 Å². The quantitative estimate of drug-likeness (QED) is 0.532. The Kier molecular flexibility index (Phi) is 4.08. The molecular weight excluding hydrogens is 344 g/mol. The molecule has 1 saturated heterocycles. The van der Waals surface area contributed by atoms with Gasteiger partial charge in [0.1, 0.15) is 10.6 Å². The second-order valence-corrected chi connectivity index (χ2v) is 7.01. The van der Waals surface area contributed by atoms with Crippen molar-refractivity contribution in [1.29, 1.82) is 0 Å². The monoisotopic (exact) mass is 358 g/mol. The number of nitrogens with zero attached hydrogens (tertiary/aromatic N) is 4. The molecule has 122 valence electrons. The Hall–Kier alpha value is -2.18. The van der Waals surface area contributed by atoms with Gasteiger partial charge in [0.2, 0.25) is 11.7 Å². The van der Waals surface area contributed by atoms with Crippen LogP contribution in [0.15, 0.2) is 36.4 Å². The zero-order valence-corrected chi connectivity index (χ0v) is 14.4. The van der Waals surface area contributed by atoms with Crippen molar-refractivity contribution in [3.8, 4) is 10.4 Å². The molecule has 2 aromatic heterocycles. The molecule has 1 aromatic carbocycles. The van der Waals surface area contributed by atoms with E-state index in [4.69, 9.17) is 11.6 Å². The maximum atomic E-state index is 10.9. The number of benzene rings is 1. The molecule has 7 heteroatoms. The van der Waals surface area contributed by atoms with Crippen LogP contribution in [-0.2, 0) is 4.79 Å². The van der Waals surface area contributed by atoms with Crippen molar-refractivity contribution in [2.75, 3.05) is 31.1 Å². The van der Waals surface area contributed by atoms with E-state index in [1.54, 1.807) is 16.2 Å². The predicted molar refractivity (Wildman–Crippen MR) is 97.7 cm³/mol. The summed E-state index contributed by atoms with van der Waals surface area (Å²) in [5.41, 5.74) is 1.16. The molecule has 0 saturated carbocycles. The van der Waals surface area contributed by atoms with Gasteiger partial charge in [-0.1, -0.05) is 30.3 Å². The number of hydrogen-bond acceptors (Lipinski definition) is 5. The molecule has 0 radical (unpaired) electrons. The largest absolute Gasteiger partial charge is 0.352 e. The van der Waals surface area contributed by atoms with Crippen LogP contribution in [0.1, 0.15) is 0 Å². The number of carbonyl (C=O) groups is 1. The molecule has 0 aliphatic carbocycles. The van der Waals surface area contributed by atoms with Crippen LogP contribution in [0, 0.1) is 0 Å². The van der Waals surface area contributed by atoms with E-state index in [-0.39, 0.29) is 5.28 Å². The first kappa shape index (κ1) is 15.4. The maximum Gasteiger partial charge on any atom is 0.225 e. The number of amides is 1. The van der Waals surface area contributed by atoms with E-state index in [1.165, 1.54) is 0 Å². The van der Waals surface area contributed by atoms with Gasteiger partial charge in [0.05, 0.1) is 5.39 Å². The zero-order chi connectivity index (χ0) is 16.5. The van der Waals surface area contributed by atoms with E-state index >= 15 is 0 Å². The minimum Gasteiger partial charge on any atom is -0.352 e. The van der Waals surface area contributed by atoms with E-state index in [9.17, 15) is 4.79 Å². The second kappa shape index (κ2) is 6.37. The normalized spacial score (nSPS) is 15.0. The molecule has 0 bridgehead atoms. The summed E-state index contributed by atoms with van der Waals surface area (Å²) in [6.07, 6.45) is 0.901. The highest BCUT2D eigenvalue weighted by Crippen LogP contribution is 2.37. The highest BCUT2D eigenvalue weighted by atomic mass is 35.5. The third-order valence-corrected chi connectivity index (χ3v) is 5.41. The van der Waals surface area contributed by atoms with Gasteiger partial charge in [0.15, 0.2) is 0 Å². The number of fused-ring (bicyclic) bond motifs is 1. The van der Waals surface area contributed by atoms with Crippen LogP contribution in [0.5, 0.6) is 0 Å². The number of hydrogen-bond donors (Lipinski definition) is 0. The molecule has 0 N–H and O–H groups in total.